The molecule has 1 fully saturated rings. The molecule has 1 aliphatic heterocycles. The van der Waals surface area contributed by atoms with E-state index in [9.17, 15) is 0 Å². The molecule has 48 valence electrons. The molecule has 0 aromatic rings. The highest BCUT2D eigenvalue weighted by Gasteiger charge is 2.13. The van der Waals surface area contributed by atoms with Crippen molar-refractivity contribution in [3.8, 4) is 0 Å². The van der Waals surface area contributed by atoms with Crippen molar-refractivity contribution in [2.24, 2.45) is 0 Å². The second-order valence-corrected chi connectivity index (χ2v) is 3.58. The summed E-state index contributed by atoms with van der Waals surface area (Å²) in [5, 5.41) is 0. The van der Waals surface area contributed by atoms with E-state index in [-0.39, 0.29) is 0 Å². The minimum Gasteiger partial charge on any atom is -0.325 e. The van der Waals surface area contributed by atoms with Crippen molar-refractivity contribution in [3.63, 3.8) is 0 Å². The third-order valence-electron chi connectivity index (χ3n) is 1.37. The number of nitrogens with one attached hydrogen (secondary N) is 1. The number of thiol groups is 1. The normalized spacial score (nSPS) is 28.9. The highest BCUT2D eigenvalue weighted by Crippen LogP contribution is 1.96. The molecule has 0 saturated carbocycles. The zero-order chi connectivity index (χ0) is 5.82. The maximum Gasteiger partial charge on any atom is 0.124 e. The van der Waals surface area contributed by atoms with Gasteiger partial charge in [-0.3, -0.25) is 0 Å². The van der Waals surface area contributed by atoms with Crippen LogP contribution in [0.4, 0.5) is 0 Å². The lowest BCUT2D eigenvalue weighted by Gasteiger charge is -2.07. The largest absolute Gasteiger partial charge is 0.325 e. The summed E-state index contributed by atoms with van der Waals surface area (Å²) >= 11 is 6.22. The van der Waals surface area contributed by atoms with Crippen molar-refractivity contribution in [2.75, 3.05) is 30.5 Å². The highest BCUT2D eigenvalue weighted by molar-refractivity contribution is 7.99. The van der Waals surface area contributed by atoms with Crippen LogP contribution < -0.4 is 4.90 Å². The first-order valence-corrected chi connectivity index (χ1v) is 4.74. The Kier molecular flexibility index (Phi) is 3.08. The molecule has 3 heteroatoms. The quantitative estimate of drug-likeness (QED) is 0.503. The van der Waals surface area contributed by atoms with E-state index in [1.54, 1.807) is 4.90 Å². The molecule has 1 heterocycles. The van der Waals surface area contributed by atoms with Gasteiger partial charge >= 0.3 is 0 Å². The standard InChI is InChI=1S/C5H11NS2/c7-3-1-6-2-4-8-5-6/h7H,1-5H2/p+1. The molecule has 1 unspecified atom stereocenters. The summed E-state index contributed by atoms with van der Waals surface area (Å²) in [7, 11) is 0. The highest BCUT2D eigenvalue weighted by atomic mass is 32.2. The molecule has 1 saturated heterocycles. The van der Waals surface area contributed by atoms with Crippen LogP contribution in [-0.4, -0.2) is 30.5 Å². The first kappa shape index (κ1) is 6.78. The Labute approximate surface area is 60.2 Å². The molecule has 1 N–H and O–H groups in total. The lowest BCUT2D eigenvalue weighted by Crippen LogP contribution is -3.10. The van der Waals surface area contributed by atoms with Crippen molar-refractivity contribution in [1.82, 2.24) is 0 Å². The van der Waals surface area contributed by atoms with Gasteiger partial charge in [0.25, 0.3) is 0 Å². The van der Waals surface area contributed by atoms with Gasteiger partial charge in [-0.2, -0.15) is 12.6 Å². The van der Waals surface area contributed by atoms with Gasteiger partial charge in [0.1, 0.15) is 5.88 Å². The average molecular weight is 150 g/mol. The van der Waals surface area contributed by atoms with Crippen LogP contribution in [0.2, 0.25) is 0 Å². The Morgan fingerprint density at radius 2 is 2.50 bits per heavy atom. The molecule has 1 atom stereocenters. The molecular formula is C5H12NS2+. The summed E-state index contributed by atoms with van der Waals surface area (Å²) in [6.45, 7) is 2.60. The summed E-state index contributed by atoms with van der Waals surface area (Å²) in [4.78, 5) is 1.71. The Bertz CT molecular complexity index is 61.4. The van der Waals surface area contributed by atoms with Gasteiger partial charge in [0, 0.05) is 11.5 Å². The number of hydrogen-bond donors (Lipinski definition) is 2. The molecule has 0 aromatic heterocycles. The van der Waals surface area contributed by atoms with Crippen LogP contribution in [0.25, 0.3) is 0 Å². The van der Waals surface area contributed by atoms with Crippen LogP contribution in [0, 0.1) is 0 Å². The van der Waals surface area contributed by atoms with Gasteiger partial charge in [0.05, 0.1) is 13.1 Å². The molecule has 0 bridgehead atoms. The third-order valence-corrected chi connectivity index (χ3v) is 2.70. The Hall–Kier alpha value is 0.660. The second-order valence-electron chi connectivity index (χ2n) is 2.03. The summed E-state index contributed by atoms with van der Waals surface area (Å²) in [6, 6.07) is 0. The molecule has 0 radical (unpaired) electrons. The van der Waals surface area contributed by atoms with E-state index in [1.807, 2.05) is 0 Å². The molecule has 8 heavy (non-hydrogen) atoms. The van der Waals surface area contributed by atoms with E-state index in [4.69, 9.17) is 0 Å². The van der Waals surface area contributed by atoms with Crippen molar-refractivity contribution in [2.45, 2.75) is 0 Å². The van der Waals surface area contributed by atoms with Crippen molar-refractivity contribution in [1.29, 1.82) is 0 Å². The number of rotatable bonds is 2. The van der Waals surface area contributed by atoms with Crippen LogP contribution in [-0.2, 0) is 0 Å². The molecule has 0 amide bonds. The van der Waals surface area contributed by atoms with Crippen LogP contribution in [0.5, 0.6) is 0 Å². The minimum atomic E-state index is 1.04. The van der Waals surface area contributed by atoms with Gasteiger partial charge in [0.2, 0.25) is 0 Å². The molecule has 0 aliphatic carbocycles. The van der Waals surface area contributed by atoms with Gasteiger partial charge in [-0.25, -0.2) is 0 Å². The molecular weight excluding hydrogens is 138 g/mol. The number of thioether (sulfide) groups is 1. The van der Waals surface area contributed by atoms with Gasteiger partial charge in [-0.1, -0.05) is 11.8 Å². The fraction of sp³-hybridized carbons (Fsp3) is 1.00. The Morgan fingerprint density at radius 3 is 3.00 bits per heavy atom. The zero-order valence-corrected chi connectivity index (χ0v) is 6.60. The Morgan fingerprint density at radius 1 is 1.62 bits per heavy atom. The number of quaternary nitrogens is 1. The van der Waals surface area contributed by atoms with E-state index in [1.165, 1.54) is 24.7 Å². The van der Waals surface area contributed by atoms with Gasteiger partial charge in [-0.05, 0) is 0 Å². The summed E-state index contributed by atoms with van der Waals surface area (Å²) in [5.74, 6) is 3.69. The third kappa shape index (κ3) is 1.88. The van der Waals surface area contributed by atoms with Crippen molar-refractivity contribution < 1.29 is 4.90 Å². The second kappa shape index (κ2) is 3.64. The fourth-order valence-electron chi connectivity index (χ4n) is 0.860. The number of hydrogen-bond acceptors (Lipinski definition) is 2. The molecule has 0 aromatic carbocycles. The van der Waals surface area contributed by atoms with Crippen LogP contribution >= 0.6 is 24.4 Å². The maximum atomic E-state index is 4.17. The van der Waals surface area contributed by atoms with Crippen LogP contribution in [0.3, 0.4) is 0 Å². The first-order valence-electron chi connectivity index (χ1n) is 2.95. The monoisotopic (exact) mass is 150 g/mol. The minimum absolute atomic E-state index is 1.04. The van der Waals surface area contributed by atoms with Crippen molar-refractivity contribution >= 4 is 24.4 Å². The van der Waals surface area contributed by atoms with Gasteiger partial charge < -0.3 is 4.90 Å². The summed E-state index contributed by atoms with van der Waals surface area (Å²) < 4.78 is 0. The van der Waals surface area contributed by atoms with E-state index < -0.39 is 0 Å². The molecule has 0 spiro atoms. The van der Waals surface area contributed by atoms with Gasteiger partial charge in [-0.15, -0.1) is 0 Å². The lowest BCUT2D eigenvalue weighted by atomic mass is 10.6. The predicted octanol–water partition coefficient (Wildman–Crippen LogP) is -0.495. The lowest BCUT2D eigenvalue weighted by molar-refractivity contribution is -0.877. The zero-order valence-electron chi connectivity index (χ0n) is 4.89. The summed E-state index contributed by atoms with van der Waals surface area (Å²) in [6.07, 6.45) is 0. The van der Waals surface area contributed by atoms with E-state index in [0.717, 1.165) is 5.75 Å². The maximum absolute atomic E-state index is 4.17. The molecule has 1 rings (SSSR count). The molecule has 1 aliphatic rings. The van der Waals surface area contributed by atoms with Gasteiger partial charge in [0.15, 0.2) is 0 Å². The van der Waals surface area contributed by atoms with E-state index in [0.29, 0.717) is 0 Å². The smallest absolute Gasteiger partial charge is 0.124 e. The SMILES string of the molecule is SCC[NH+]1CCSC1. The van der Waals surface area contributed by atoms with Crippen molar-refractivity contribution in [3.05, 3.63) is 0 Å². The summed E-state index contributed by atoms with van der Waals surface area (Å²) in [5.41, 5.74) is 0. The predicted molar refractivity (Wildman–Crippen MR) is 41.9 cm³/mol. The Balaban J connectivity index is 2.06. The van der Waals surface area contributed by atoms with Crippen LogP contribution in [0.15, 0.2) is 0 Å². The van der Waals surface area contributed by atoms with E-state index >= 15 is 0 Å². The average Bonchev–Trinajstić information content (AvgIpc) is 2.19. The van der Waals surface area contributed by atoms with E-state index in [2.05, 4.69) is 24.4 Å². The molecule has 1 nitrogen and oxygen atoms in total. The fourth-order valence-corrected chi connectivity index (χ4v) is 2.33. The topological polar surface area (TPSA) is 4.44 Å². The first-order chi connectivity index (χ1) is 3.93. The van der Waals surface area contributed by atoms with Crippen LogP contribution in [0.1, 0.15) is 0 Å².